The molecule has 1 atom stereocenters. The minimum absolute atomic E-state index is 0.00743. The summed E-state index contributed by atoms with van der Waals surface area (Å²) in [6.45, 7) is 7.01. The molecule has 0 radical (unpaired) electrons. The van der Waals surface area contributed by atoms with Crippen LogP contribution in [0.4, 0.5) is 0 Å². The molecule has 0 amide bonds. The third-order valence-electron chi connectivity index (χ3n) is 1.57. The number of halogens is 1. The van der Waals surface area contributed by atoms with Gasteiger partial charge in [-0.2, -0.15) is 0 Å². The lowest BCUT2D eigenvalue weighted by molar-refractivity contribution is -0.160. The highest BCUT2D eigenvalue weighted by molar-refractivity contribution is 6.18. The summed E-state index contributed by atoms with van der Waals surface area (Å²) in [4.78, 5) is 22.4. The highest BCUT2D eigenvalue weighted by Crippen LogP contribution is 2.11. The Morgan fingerprint density at radius 1 is 1.25 bits per heavy atom. The van der Waals surface area contributed by atoms with Crippen LogP contribution in [0.15, 0.2) is 0 Å². The van der Waals surface area contributed by atoms with Gasteiger partial charge >= 0.3 is 11.9 Å². The number of hydrogen-bond acceptors (Lipinski definition) is 4. The molecule has 0 rings (SSSR count). The van der Waals surface area contributed by atoms with Crippen LogP contribution in [0.2, 0.25) is 0 Å². The van der Waals surface area contributed by atoms with Gasteiger partial charge in [0.15, 0.2) is 0 Å². The van der Waals surface area contributed by atoms with Crippen molar-refractivity contribution in [3.63, 3.8) is 0 Å². The van der Waals surface area contributed by atoms with Gasteiger partial charge in [0.05, 0.1) is 12.3 Å². The topological polar surface area (TPSA) is 52.6 Å². The number of hydrogen-bond donors (Lipinski definition) is 0. The first-order valence-corrected chi connectivity index (χ1v) is 5.79. The molecule has 0 fully saturated rings. The van der Waals surface area contributed by atoms with Gasteiger partial charge in [0.1, 0.15) is 11.7 Å². The lowest BCUT2D eigenvalue weighted by Crippen LogP contribution is -2.29. The van der Waals surface area contributed by atoms with Crippen LogP contribution in [0, 0.1) is 0 Å². The third-order valence-corrected chi connectivity index (χ3v) is 1.92. The SMILES string of the molecule is CCC(=O)O[C@H](CCl)CC(=O)OC(C)(C)C. The molecule has 0 saturated carbocycles. The second-order valence-electron chi connectivity index (χ2n) is 4.41. The van der Waals surface area contributed by atoms with Gasteiger partial charge in [-0.05, 0) is 20.8 Å². The second kappa shape index (κ2) is 6.74. The van der Waals surface area contributed by atoms with Crippen molar-refractivity contribution in [1.29, 1.82) is 0 Å². The molecule has 5 heteroatoms. The van der Waals surface area contributed by atoms with Gasteiger partial charge in [0.25, 0.3) is 0 Å². The average Bonchev–Trinajstić information content (AvgIpc) is 2.13. The highest BCUT2D eigenvalue weighted by Gasteiger charge is 2.22. The van der Waals surface area contributed by atoms with E-state index in [0.29, 0.717) is 0 Å². The fourth-order valence-electron chi connectivity index (χ4n) is 0.966. The molecular weight excluding hydrogens is 232 g/mol. The summed E-state index contributed by atoms with van der Waals surface area (Å²) >= 11 is 5.60. The Kier molecular flexibility index (Phi) is 6.41. The molecule has 0 spiro atoms. The monoisotopic (exact) mass is 250 g/mol. The van der Waals surface area contributed by atoms with Crippen molar-refractivity contribution in [2.75, 3.05) is 5.88 Å². The Balaban J connectivity index is 4.12. The van der Waals surface area contributed by atoms with Crippen LogP contribution in [-0.4, -0.2) is 29.5 Å². The van der Waals surface area contributed by atoms with Crippen molar-refractivity contribution in [2.45, 2.75) is 52.2 Å². The first-order valence-electron chi connectivity index (χ1n) is 5.25. The molecule has 16 heavy (non-hydrogen) atoms. The number of ether oxygens (including phenoxy) is 2. The maximum absolute atomic E-state index is 11.4. The molecular formula is C11H19ClO4. The molecule has 0 aromatic heterocycles. The molecule has 0 aliphatic carbocycles. The minimum Gasteiger partial charge on any atom is -0.460 e. The van der Waals surface area contributed by atoms with Crippen molar-refractivity contribution < 1.29 is 19.1 Å². The molecule has 0 bridgehead atoms. The molecule has 0 saturated heterocycles. The first-order chi connectivity index (χ1) is 7.28. The van der Waals surface area contributed by atoms with Gasteiger partial charge in [0.2, 0.25) is 0 Å². The number of rotatable bonds is 5. The fraction of sp³-hybridized carbons (Fsp3) is 0.818. The molecule has 0 unspecified atom stereocenters. The van der Waals surface area contributed by atoms with Gasteiger partial charge in [0, 0.05) is 6.42 Å². The summed E-state index contributed by atoms with van der Waals surface area (Å²) in [5, 5.41) is 0. The highest BCUT2D eigenvalue weighted by atomic mass is 35.5. The number of carbonyl (C=O) groups is 2. The van der Waals surface area contributed by atoms with E-state index < -0.39 is 17.7 Å². The Morgan fingerprint density at radius 3 is 2.19 bits per heavy atom. The number of carbonyl (C=O) groups excluding carboxylic acids is 2. The van der Waals surface area contributed by atoms with Crippen LogP contribution in [0.3, 0.4) is 0 Å². The van der Waals surface area contributed by atoms with E-state index in [1.165, 1.54) is 0 Å². The van der Waals surface area contributed by atoms with E-state index in [1.807, 2.05) is 0 Å². The van der Waals surface area contributed by atoms with Crippen LogP contribution >= 0.6 is 11.6 Å². The number of esters is 2. The van der Waals surface area contributed by atoms with Crippen LogP contribution < -0.4 is 0 Å². The van der Waals surface area contributed by atoms with Crippen molar-refractivity contribution in [2.24, 2.45) is 0 Å². The van der Waals surface area contributed by atoms with E-state index in [1.54, 1.807) is 27.7 Å². The quantitative estimate of drug-likeness (QED) is 0.555. The molecule has 4 nitrogen and oxygen atoms in total. The summed E-state index contributed by atoms with van der Waals surface area (Å²) in [6, 6.07) is 0. The van der Waals surface area contributed by atoms with Crippen molar-refractivity contribution >= 4 is 23.5 Å². The molecule has 0 aliphatic rings. The molecule has 0 aromatic carbocycles. The lowest BCUT2D eigenvalue weighted by Gasteiger charge is -2.21. The number of alkyl halides is 1. The first kappa shape index (κ1) is 15.2. The van der Waals surface area contributed by atoms with Gasteiger partial charge in [-0.25, -0.2) is 0 Å². The standard InChI is InChI=1S/C11H19ClO4/c1-5-9(13)15-8(7-12)6-10(14)16-11(2,3)4/h8H,5-7H2,1-4H3/t8-/m0/s1. The van der Waals surface area contributed by atoms with Crippen molar-refractivity contribution in [3.05, 3.63) is 0 Å². The van der Waals surface area contributed by atoms with Gasteiger partial charge in [-0.15, -0.1) is 11.6 Å². The van der Waals surface area contributed by atoms with E-state index in [2.05, 4.69) is 0 Å². The summed E-state index contributed by atoms with van der Waals surface area (Å²) in [6.07, 6.45) is -0.349. The van der Waals surface area contributed by atoms with E-state index in [-0.39, 0.29) is 24.7 Å². The predicted molar refractivity (Wildman–Crippen MR) is 61.4 cm³/mol. The maximum atomic E-state index is 11.4. The van der Waals surface area contributed by atoms with E-state index in [4.69, 9.17) is 21.1 Å². The Morgan fingerprint density at radius 2 is 1.81 bits per heavy atom. The fourth-order valence-corrected chi connectivity index (χ4v) is 1.14. The van der Waals surface area contributed by atoms with Gasteiger partial charge < -0.3 is 9.47 Å². The minimum atomic E-state index is -0.607. The normalized spacial score (nSPS) is 13.1. The van der Waals surface area contributed by atoms with E-state index >= 15 is 0 Å². The predicted octanol–water partition coefficient (Wildman–Crippen LogP) is 2.28. The largest absolute Gasteiger partial charge is 0.460 e. The van der Waals surface area contributed by atoms with Crippen LogP contribution in [-0.2, 0) is 19.1 Å². The third kappa shape index (κ3) is 7.51. The van der Waals surface area contributed by atoms with E-state index in [0.717, 1.165) is 0 Å². The van der Waals surface area contributed by atoms with Crippen LogP contribution in [0.5, 0.6) is 0 Å². The molecule has 0 N–H and O–H groups in total. The summed E-state index contributed by atoms with van der Waals surface area (Å²) in [7, 11) is 0. The molecule has 0 aromatic rings. The summed E-state index contributed by atoms with van der Waals surface area (Å²) in [5.41, 5.74) is -0.539. The van der Waals surface area contributed by atoms with E-state index in [9.17, 15) is 9.59 Å². The molecule has 0 aliphatic heterocycles. The molecule has 94 valence electrons. The summed E-state index contributed by atoms with van der Waals surface area (Å²) in [5.74, 6) is -0.693. The zero-order valence-electron chi connectivity index (χ0n) is 10.2. The van der Waals surface area contributed by atoms with Crippen molar-refractivity contribution in [3.8, 4) is 0 Å². The van der Waals surface area contributed by atoms with Crippen LogP contribution in [0.1, 0.15) is 40.5 Å². The average molecular weight is 251 g/mol. The zero-order chi connectivity index (χ0) is 12.8. The zero-order valence-corrected chi connectivity index (χ0v) is 11.0. The smallest absolute Gasteiger partial charge is 0.310 e. The summed E-state index contributed by atoms with van der Waals surface area (Å²) < 4.78 is 10.1. The lowest BCUT2D eigenvalue weighted by atomic mass is 10.2. The van der Waals surface area contributed by atoms with Crippen molar-refractivity contribution in [1.82, 2.24) is 0 Å². The Labute approximate surface area is 101 Å². The van der Waals surface area contributed by atoms with Gasteiger partial charge in [-0.1, -0.05) is 6.92 Å². The second-order valence-corrected chi connectivity index (χ2v) is 4.72. The Hall–Kier alpha value is -0.770. The van der Waals surface area contributed by atoms with Crippen LogP contribution in [0.25, 0.3) is 0 Å². The molecule has 0 heterocycles. The Bertz CT molecular complexity index is 245. The van der Waals surface area contributed by atoms with Gasteiger partial charge in [-0.3, -0.25) is 9.59 Å². The maximum Gasteiger partial charge on any atom is 0.310 e.